The average molecular weight is 446 g/mol. The summed E-state index contributed by atoms with van der Waals surface area (Å²) in [5.74, 6) is 2.03. The van der Waals surface area contributed by atoms with Gasteiger partial charge < -0.3 is 19.8 Å². The number of nitrogens with zero attached hydrogens (tertiary/aromatic N) is 1. The molecule has 0 saturated heterocycles. The average Bonchev–Trinajstić information content (AvgIpc) is 3.18. The van der Waals surface area contributed by atoms with Crippen LogP contribution in [0.3, 0.4) is 0 Å². The summed E-state index contributed by atoms with van der Waals surface area (Å²) in [6.07, 6.45) is 4.28. The van der Waals surface area contributed by atoms with E-state index in [1.165, 1.54) is 23.7 Å². The Balaban J connectivity index is 1.05. The van der Waals surface area contributed by atoms with E-state index in [-0.39, 0.29) is 11.9 Å². The molecule has 170 valence electrons. The van der Waals surface area contributed by atoms with Gasteiger partial charge >= 0.3 is 0 Å². The van der Waals surface area contributed by atoms with Gasteiger partial charge in [-0.15, -0.1) is 0 Å². The maximum atomic E-state index is 13.8. The molecule has 5 nitrogen and oxygen atoms in total. The SMILES string of the molecule is Cc1ccc2c3c(ccc2n1)OC[C@H](CNCCC1CCc2[nH]c4ccc(F)cc4c2C1)O3. The third-order valence-corrected chi connectivity index (χ3v) is 6.99. The summed E-state index contributed by atoms with van der Waals surface area (Å²) in [5.41, 5.74) is 5.55. The highest BCUT2D eigenvalue weighted by Gasteiger charge is 2.25. The minimum absolute atomic E-state index is 0.0287. The number of pyridine rings is 1. The third-order valence-electron chi connectivity index (χ3n) is 6.99. The maximum Gasteiger partial charge on any atom is 0.171 e. The molecule has 0 spiro atoms. The van der Waals surface area contributed by atoms with Gasteiger partial charge in [-0.1, -0.05) is 0 Å². The summed E-state index contributed by atoms with van der Waals surface area (Å²) < 4.78 is 26.0. The van der Waals surface area contributed by atoms with Crippen molar-refractivity contribution in [2.45, 2.75) is 38.7 Å². The number of aromatic nitrogens is 2. The van der Waals surface area contributed by atoms with Crippen molar-refractivity contribution < 1.29 is 13.9 Å². The summed E-state index contributed by atoms with van der Waals surface area (Å²) in [7, 11) is 0. The van der Waals surface area contributed by atoms with E-state index in [0.29, 0.717) is 12.5 Å². The molecule has 1 aliphatic carbocycles. The van der Waals surface area contributed by atoms with Gasteiger partial charge in [0.2, 0.25) is 0 Å². The standard InChI is InChI=1S/C27H28FN3O2/c1-16-2-5-20-23(30-16)8-9-26-27(20)33-19(15-32-26)14-29-11-10-17-3-6-24-21(12-17)22-13-18(28)4-7-25(22)31-24/h2,4-5,7-9,13,17,19,29,31H,3,6,10-12,14-15H2,1H3/t17?,19-/m0/s1. The molecule has 6 rings (SSSR count). The van der Waals surface area contributed by atoms with Crippen LogP contribution in [0.2, 0.25) is 0 Å². The first-order valence-corrected chi connectivity index (χ1v) is 11.8. The molecule has 4 aromatic rings. The van der Waals surface area contributed by atoms with Gasteiger partial charge in [0.15, 0.2) is 11.5 Å². The van der Waals surface area contributed by atoms with Gasteiger partial charge in [0.1, 0.15) is 18.5 Å². The van der Waals surface area contributed by atoms with Crippen LogP contribution in [-0.4, -0.2) is 35.8 Å². The second-order valence-corrected chi connectivity index (χ2v) is 9.34. The van der Waals surface area contributed by atoms with Crippen LogP contribution in [0.4, 0.5) is 4.39 Å². The molecule has 0 radical (unpaired) electrons. The summed E-state index contributed by atoms with van der Waals surface area (Å²) >= 11 is 0. The van der Waals surface area contributed by atoms with Crippen LogP contribution in [0.1, 0.15) is 29.8 Å². The van der Waals surface area contributed by atoms with Gasteiger partial charge in [0, 0.05) is 34.2 Å². The quantitative estimate of drug-likeness (QED) is 0.420. The van der Waals surface area contributed by atoms with E-state index < -0.39 is 0 Å². The molecule has 2 aromatic heterocycles. The molecule has 1 aliphatic heterocycles. The zero-order valence-corrected chi connectivity index (χ0v) is 18.8. The largest absolute Gasteiger partial charge is 0.486 e. The lowest BCUT2D eigenvalue weighted by atomic mass is 9.84. The van der Waals surface area contributed by atoms with Crippen molar-refractivity contribution in [3.63, 3.8) is 0 Å². The van der Waals surface area contributed by atoms with Crippen LogP contribution in [0.5, 0.6) is 11.5 Å². The number of fused-ring (bicyclic) bond motifs is 6. The van der Waals surface area contributed by atoms with Crippen LogP contribution in [0.25, 0.3) is 21.8 Å². The Morgan fingerprint density at radius 2 is 2.09 bits per heavy atom. The van der Waals surface area contributed by atoms with Gasteiger partial charge in [-0.25, -0.2) is 4.39 Å². The van der Waals surface area contributed by atoms with Crippen LogP contribution < -0.4 is 14.8 Å². The van der Waals surface area contributed by atoms with Gasteiger partial charge in [0.25, 0.3) is 0 Å². The molecular weight excluding hydrogens is 417 g/mol. The molecule has 1 unspecified atom stereocenters. The van der Waals surface area contributed by atoms with Gasteiger partial charge in [-0.05, 0) is 93.1 Å². The molecule has 33 heavy (non-hydrogen) atoms. The Morgan fingerprint density at radius 3 is 3.03 bits per heavy atom. The Morgan fingerprint density at radius 1 is 1.15 bits per heavy atom. The zero-order valence-electron chi connectivity index (χ0n) is 18.8. The predicted octanol–water partition coefficient (Wildman–Crippen LogP) is 5.09. The number of nitrogens with one attached hydrogen (secondary N) is 2. The van der Waals surface area contributed by atoms with E-state index in [1.807, 2.05) is 31.2 Å². The Labute approximate surface area is 192 Å². The van der Waals surface area contributed by atoms with E-state index in [0.717, 1.165) is 71.4 Å². The summed E-state index contributed by atoms with van der Waals surface area (Å²) in [6.45, 7) is 4.20. The number of aryl methyl sites for hydroxylation is 2. The fourth-order valence-corrected chi connectivity index (χ4v) is 5.26. The summed E-state index contributed by atoms with van der Waals surface area (Å²) in [6, 6.07) is 13.0. The van der Waals surface area contributed by atoms with E-state index >= 15 is 0 Å². The first-order valence-electron chi connectivity index (χ1n) is 11.8. The lowest BCUT2D eigenvalue weighted by Gasteiger charge is -2.28. The molecule has 0 amide bonds. The molecule has 6 heteroatoms. The minimum atomic E-state index is -0.164. The summed E-state index contributed by atoms with van der Waals surface area (Å²) in [4.78, 5) is 8.08. The zero-order chi connectivity index (χ0) is 22.4. The molecule has 2 N–H and O–H groups in total. The van der Waals surface area contributed by atoms with E-state index in [9.17, 15) is 4.39 Å². The molecule has 0 bridgehead atoms. The number of ether oxygens (including phenoxy) is 2. The number of rotatable bonds is 5. The van der Waals surface area contributed by atoms with Crippen LogP contribution in [0, 0.1) is 18.7 Å². The number of hydrogen-bond donors (Lipinski definition) is 2. The van der Waals surface area contributed by atoms with Crippen LogP contribution in [-0.2, 0) is 12.8 Å². The molecular formula is C27H28FN3O2. The third kappa shape index (κ3) is 3.93. The topological polar surface area (TPSA) is 59.2 Å². The minimum Gasteiger partial charge on any atom is -0.486 e. The van der Waals surface area contributed by atoms with E-state index in [1.54, 1.807) is 6.07 Å². The second kappa shape index (κ2) is 8.34. The lowest BCUT2D eigenvalue weighted by Crippen LogP contribution is -2.39. The molecule has 2 aliphatic rings. The molecule has 2 aromatic carbocycles. The Kier molecular flexibility index (Phi) is 5.18. The second-order valence-electron chi connectivity index (χ2n) is 9.34. The fourth-order valence-electron chi connectivity index (χ4n) is 5.26. The summed E-state index contributed by atoms with van der Waals surface area (Å²) in [5, 5.41) is 5.61. The van der Waals surface area contributed by atoms with E-state index in [4.69, 9.17) is 9.47 Å². The highest BCUT2D eigenvalue weighted by Crippen LogP contribution is 2.38. The number of halogens is 1. The van der Waals surface area contributed by atoms with Gasteiger partial charge in [0.05, 0.1) is 5.52 Å². The maximum absolute atomic E-state index is 13.8. The van der Waals surface area contributed by atoms with Crippen molar-refractivity contribution in [3.05, 3.63) is 65.2 Å². The first-order chi connectivity index (χ1) is 16.1. The normalized spacial score (nSPS) is 19.7. The monoisotopic (exact) mass is 445 g/mol. The fraction of sp³-hybridized carbons (Fsp3) is 0.370. The van der Waals surface area contributed by atoms with E-state index in [2.05, 4.69) is 21.4 Å². The van der Waals surface area contributed by atoms with Crippen molar-refractivity contribution in [1.29, 1.82) is 0 Å². The van der Waals surface area contributed by atoms with Gasteiger partial charge in [-0.3, -0.25) is 4.98 Å². The Hall–Kier alpha value is -3.12. The molecule has 0 fully saturated rings. The number of H-pyrrole nitrogens is 1. The molecule has 3 heterocycles. The van der Waals surface area contributed by atoms with Crippen LogP contribution >= 0.6 is 0 Å². The lowest BCUT2D eigenvalue weighted by molar-refractivity contribution is 0.0922. The molecule has 0 saturated carbocycles. The first kappa shape index (κ1) is 20.5. The van der Waals surface area contributed by atoms with Crippen molar-refractivity contribution in [2.75, 3.05) is 19.7 Å². The number of hydrogen-bond acceptors (Lipinski definition) is 4. The van der Waals surface area contributed by atoms with Crippen LogP contribution in [0.15, 0.2) is 42.5 Å². The highest BCUT2D eigenvalue weighted by atomic mass is 19.1. The van der Waals surface area contributed by atoms with Crippen molar-refractivity contribution >= 4 is 21.8 Å². The predicted molar refractivity (Wildman–Crippen MR) is 128 cm³/mol. The van der Waals surface area contributed by atoms with Crippen molar-refractivity contribution in [2.24, 2.45) is 5.92 Å². The highest BCUT2D eigenvalue weighted by molar-refractivity contribution is 5.88. The Bertz CT molecular complexity index is 1330. The number of aromatic amines is 1. The molecule has 2 atom stereocenters. The smallest absolute Gasteiger partial charge is 0.171 e. The van der Waals surface area contributed by atoms with Gasteiger partial charge in [-0.2, -0.15) is 0 Å². The van der Waals surface area contributed by atoms with Crippen molar-refractivity contribution in [1.82, 2.24) is 15.3 Å². The number of benzene rings is 2. The van der Waals surface area contributed by atoms with Crippen molar-refractivity contribution in [3.8, 4) is 11.5 Å².